The Morgan fingerprint density at radius 1 is 1.26 bits per heavy atom. The molecule has 7 nitrogen and oxygen atoms in total. The van der Waals surface area contributed by atoms with Crippen LogP contribution in [0.5, 0.6) is 5.88 Å². The fraction of sp³-hybridized carbons (Fsp3) is 0.471. The molecule has 10 heteroatoms. The van der Waals surface area contributed by atoms with Crippen molar-refractivity contribution >= 4 is 11.7 Å². The van der Waals surface area contributed by atoms with E-state index in [-0.39, 0.29) is 24.3 Å². The van der Waals surface area contributed by atoms with Crippen molar-refractivity contribution in [1.29, 1.82) is 0 Å². The van der Waals surface area contributed by atoms with E-state index in [0.29, 0.717) is 25.9 Å². The molecule has 1 saturated heterocycles. The second-order valence-corrected chi connectivity index (χ2v) is 6.06. The summed E-state index contributed by atoms with van der Waals surface area (Å²) in [7, 11) is 0. The normalized spacial score (nSPS) is 15.6. The highest BCUT2D eigenvalue weighted by Crippen LogP contribution is 2.31. The summed E-state index contributed by atoms with van der Waals surface area (Å²) in [6, 6.07) is 5.11. The van der Waals surface area contributed by atoms with Crippen molar-refractivity contribution in [2.24, 2.45) is 0 Å². The Balaban J connectivity index is 1.57. The number of carbonyl (C=O) groups is 1. The van der Waals surface area contributed by atoms with Crippen LogP contribution in [0.2, 0.25) is 0 Å². The van der Waals surface area contributed by atoms with Crippen molar-refractivity contribution in [3.8, 4) is 5.88 Å². The van der Waals surface area contributed by atoms with Gasteiger partial charge in [0.1, 0.15) is 6.10 Å². The number of esters is 1. The van der Waals surface area contributed by atoms with Crippen LogP contribution in [0, 0.1) is 0 Å². The molecule has 27 heavy (non-hydrogen) atoms. The number of nitrogens with zero attached hydrogens (tertiary/aromatic N) is 3. The molecule has 0 radical (unpaired) electrons. The summed E-state index contributed by atoms with van der Waals surface area (Å²) in [4.78, 5) is 13.8. The zero-order valence-electron chi connectivity index (χ0n) is 14.6. The number of nitrogens with one attached hydrogen (secondary N) is 1. The van der Waals surface area contributed by atoms with Crippen molar-refractivity contribution in [1.82, 2.24) is 15.4 Å². The molecule has 0 unspecified atom stereocenters. The van der Waals surface area contributed by atoms with E-state index >= 15 is 0 Å². The van der Waals surface area contributed by atoms with Crippen LogP contribution in [0.25, 0.3) is 0 Å². The summed E-state index contributed by atoms with van der Waals surface area (Å²) in [5.41, 5.74) is 0.138. The van der Waals surface area contributed by atoms with Gasteiger partial charge >= 0.3 is 12.1 Å². The Morgan fingerprint density at radius 3 is 2.52 bits per heavy atom. The lowest BCUT2D eigenvalue weighted by Crippen LogP contribution is -2.38. The molecule has 0 amide bonds. The van der Waals surface area contributed by atoms with E-state index in [9.17, 15) is 18.0 Å². The topological polar surface area (TPSA) is 80.3 Å². The smallest absolute Gasteiger partial charge is 0.416 e. The molecule has 1 aliphatic rings. The van der Waals surface area contributed by atoms with Crippen molar-refractivity contribution in [2.45, 2.75) is 32.0 Å². The molecule has 1 aromatic carbocycles. The van der Waals surface area contributed by atoms with E-state index < -0.39 is 17.7 Å². The van der Waals surface area contributed by atoms with Gasteiger partial charge in [-0.1, -0.05) is 10.3 Å². The number of aromatic nitrogens is 3. The zero-order valence-corrected chi connectivity index (χ0v) is 14.6. The Labute approximate surface area is 153 Å². The number of benzene rings is 1. The molecular weight excluding hydrogens is 365 g/mol. The quantitative estimate of drug-likeness (QED) is 0.798. The summed E-state index contributed by atoms with van der Waals surface area (Å²) in [5, 5.41) is 9.82. The van der Waals surface area contributed by atoms with E-state index in [0.717, 1.165) is 17.8 Å². The first-order chi connectivity index (χ1) is 12.9. The molecule has 0 aliphatic carbocycles. The predicted molar refractivity (Wildman–Crippen MR) is 89.6 cm³/mol. The van der Waals surface area contributed by atoms with Gasteiger partial charge in [-0.25, -0.2) is 9.89 Å². The Kier molecular flexibility index (Phi) is 5.52. The third-order valence-corrected chi connectivity index (χ3v) is 4.28. The van der Waals surface area contributed by atoms with Gasteiger partial charge in [-0.3, -0.25) is 0 Å². The maximum absolute atomic E-state index is 12.7. The molecule has 1 fully saturated rings. The van der Waals surface area contributed by atoms with Crippen LogP contribution >= 0.6 is 0 Å². The number of ether oxygens (including phenoxy) is 2. The van der Waals surface area contributed by atoms with Crippen LogP contribution in [-0.2, 0) is 10.9 Å². The number of halogens is 3. The standard InChI is InChI=1S/C17H19F3N4O3/c1-2-26-16(25)14-15(22-23-21-14)27-13-7-9-24(10-8-13)12-5-3-11(4-6-12)17(18,19)20/h3-6,13H,2,7-10H2,1H3,(H,21,22,23). The lowest BCUT2D eigenvalue weighted by molar-refractivity contribution is -0.137. The lowest BCUT2D eigenvalue weighted by atomic mass is 10.1. The molecule has 0 saturated carbocycles. The SMILES string of the molecule is CCOC(=O)c1[nH]nnc1OC1CCN(c2ccc(C(F)(F)F)cc2)CC1. The Hall–Kier alpha value is -2.78. The largest absolute Gasteiger partial charge is 0.471 e. The van der Waals surface area contributed by atoms with Crippen LogP contribution in [0.4, 0.5) is 18.9 Å². The average molecular weight is 384 g/mol. The van der Waals surface area contributed by atoms with Gasteiger partial charge in [0, 0.05) is 31.6 Å². The summed E-state index contributed by atoms with van der Waals surface area (Å²) in [6.07, 6.45) is -3.24. The first kappa shape index (κ1) is 19.0. The zero-order chi connectivity index (χ0) is 19.4. The highest BCUT2D eigenvalue weighted by molar-refractivity contribution is 5.89. The van der Waals surface area contributed by atoms with E-state index in [1.54, 1.807) is 6.92 Å². The third-order valence-electron chi connectivity index (χ3n) is 4.28. The van der Waals surface area contributed by atoms with Crippen LogP contribution in [0.3, 0.4) is 0 Å². The van der Waals surface area contributed by atoms with Crippen molar-refractivity contribution in [3.63, 3.8) is 0 Å². The molecule has 1 aliphatic heterocycles. The number of alkyl halides is 3. The van der Waals surface area contributed by atoms with E-state index in [1.807, 2.05) is 4.90 Å². The van der Waals surface area contributed by atoms with Gasteiger partial charge in [0.25, 0.3) is 5.88 Å². The van der Waals surface area contributed by atoms with Crippen LogP contribution in [0.15, 0.2) is 24.3 Å². The number of rotatable bonds is 5. The minimum Gasteiger partial charge on any atom is -0.471 e. The van der Waals surface area contributed by atoms with Gasteiger partial charge in [-0.05, 0) is 31.2 Å². The number of anilines is 1. The summed E-state index contributed by atoms with van der Waals surface area (Å²) < 4.78 is 48.6. The first-order valence-corrected chi connectivity index (χ1v) is 8.55. The Morgan fingerprint density at radius 2 is 1.93 bits per heavy atom. The highest BCUT2D eigenvalue weighted by Gasteiger charge is 2.30. The van der Waals surface area contributed by atoms with Crippen molar-refractivity contribution in [2.75, 3.05) is 24.6 Å². The molecular formula is C17H19F3N4O3. The van der Waals surface area contributed by atoms with Crippen molar-refractivity contribution < 1.29 is 27.4 Å². The molecule has 0 spiro atoms. The summed E-state index contributed by atoms with van der Waals surface area (Å²) >= 11 is 0. The molecule has 0 atom stereocenters. The molecule has 1 N–H and O–H groups in total. The number of piperidine rings is 1. The minimum atomic E-state index is -4.34. The fourth-order valence-corrected chi connectivity index (χ4v) is 2.89. The lowest BCUT2D eigenvalue weighted by Gasteiger charge is -2.33. The second-order valence-electron chi connectivity index (χ2n) is 6.06. The molecule has 3 rings (SSSR count). The van der Waals surface area contributed by atoms with Crippen LogP contribution < -0.4 is 9.64 Å². The van der Waals surface area contributed by atoms with E-state index in [2.05, 4.69) is 15.4 Å². The van der Waals surface area contributed by atoms with Gasteiger partial charge in [-0.2, -0.15) is 13.2 Å². The first-order valence-electron chi connectivity index (χ1n) is 8.55. The van der Waals surface area contributed by atoms with Crippen LogP contribution in [-0.4, -0.2) is 47.2 Å². The van der Waals surface area contributed by atoms with E-state index in [1.165, 1.54) is 12.1 Å². The highest BCUT2D eigenvalue weighted by atomic mass is 19.4. The molecule has 2 heterocycles. The summed E-state index contributed by atoms with van der Waals surface area (Å²) in [5.74, 6) is -0.485. The minimum absolute atomic E-state index is 0.0713. The number of H-pyrrole nitrogens is 1. The maximum Gasteiger partial charge on any atom is 0.416 e. The monoisotopic (exact) mass is 384 g/mol. The molecule has 1 aromatic heterocycles. The van der Waals surface area contributed by atoms with Gasteiger partial charge in [0.15, 0.2) is 0 Å². The van der Waals surface area contributed by atoms with Gasteiger partial charge < -0.3 is 14.4 Å². The number of hydrogen-bond acceptors (Lipinski definition) is 6. The van der Waals surface area contributed by atoms with Crippen LogP contribution in [0.1, 0.15) is 35.8 Å². The number of aromatic amines is 1. The van der Waals surface area contributed by atoms with Gasteiger partial charge in [0.2, 0.25) is 5.69 Å². The number of carbonyl (C=O) groups excluding carboxylic acids is 1. The third kappa shape index (κ3) is 4.50. The Bertz CT molecular complexity index is 768. The maximum atomic E-state index is 12.7. The second kappa shape index (κ2) is 7.85. The predicted octanol–water partition coefficient (Wildman–Crippen LogP) is 3.05. The molecule has 0 bridgehead atoms. The van der Waals surface area contributed by atoms with Gasteiger partial charge in [-0.15, -0.1) is 0 Å². The number of hydrogen-bond donors (Lipinski definition) is 1. The molecule has 146 valence electrons. The van der Waals surface area contributed by atoms with Gasteiger partial charge in [0.05, 0.1) is 12.2 Å². The van der Waals surface area contributed by atoms with E-state index in [4.69, 9.17) is 9.47 Å². The fourth-order valence-electron chi connectivity index (χ4n) is 2.89. The molecule has 2 aromatic rings. The average Bonchev–Trinajstić information content (AvgIpc) is 3.10. The summed E-state index contributed by atoms with van der Waals surface area (Å²) in [6.45, 7) is 3.15. The van der Waals surface area contributed by atoms with Crippen molar-refractivity contribution in [3.05, 3.63) is 35.5 Å².